The Labute approximate surface area is 260 Å². The molecule has 0 aromatic heterocycles. The van der Waals surface area contributed by atoms with Crippen LogP contribution in [0.2, 0.25) is 0 Å². The van der Waals surface area contributed by atoms with Crippen LogP contribution >= 0.6 is 0 Å². The molecule has 2 aromatic carbocycles. The second-order valence-corrected chi connectivity index (χ2v) is 16.0. The van der Waals surface area contributed by atoms with Gasteiger partial charge in [0.05, 0.1) is 13.2 Å². The van der Waals surface area contributed by atoms with Crippen LogP contribution in [0.1, 0.15) is 130 Å². The third-order valence-corrected chi connectivity index (χ3v) is 7.92. The highest BCUT2D eigenvalue weighted by atomic mass is 16.6. The first-order valence-corrected chi connectivity index (χ1v) is 15.5. The Morgan fingerprint density at radius 1 is 0.535 bits per heavy atom. The molecule has 0 aliphatic rings. The lowest BCUT2D eigenvalue weighted by molar-refractivity contribution is -0.172. The normalized spacial score (nSPS) is 13.2. The Balaban J connectivity index is 2.99. The fraction of sp³-hybridized carbons (Fsp3) is 0.622. The van der Waals surface area contributed by atoms with Crippen molar-refractivity contribution in [3.8, 4) is 11.5 Å². The fourth-order valence-electron chi connectivity index (χ4n) is 5.55. The summed E-state index contributed by atoms with van der Waals surface area (Å²) in [6.07, 6.45) is 0.0430. The number of phenolic OH excluding ortho intramolecular Hbond substituents is 2. The van der Waals surface area contributed by atoms with Gasteiger partial charge in [-0.3, -0.25) is 9.59 Å². The number of benzene rings is 2. The number of hydrogen-bond donors (Lipinski definition) is 2. The molecule has 0 unspecified atom stereocenters. The van der Waals surface area contributed by atoms with Gasteiger partial charge in [-0.25, -0.2) is 0 Å². The smallest absolute Gasteiger partial charge is 0.324 e. The molecule has 0 heterocycles. The molecule has 6 nitrogen and oxygen atoms in total. The third-order valence-electron chi connectivity index (χ3n) is 7.92. The van der Waals surface area contributed by atoms with Gasteiger partial charge in [0.2, 0.25) is 0 Å². The maximum absolute atomic E-state index is 14.0. The highest BCUT2D eigenvalue weighted by Gasteiger charge is 2.50. The second kappa shape index (κ2) is 12.5. The van der Waals surface area contributed by atoms with Crippen molar-refractivity contribution in [1.82, 2.24) is 0 Å². The van der Waals surface area contributed by atoms with E-state index in [1.807, 2.05) is 107 Å². The van der Waals surface area contributed by atoms with Crippen LogP contribution in [0, 0.1) is 5.41 Å². The summed E-state index contributed by atoms with van der Waals surface area (Å²) in [6.45, 7) is 28.0. The zero-order valence-electron chi connectivity index (χ0n) is 29.2. The number of hydrogen-bond acceptors (Lipinski definition) is 6. The molecule has 0 bridgehead atoms. The Hall–Kier alpha value is -3.02. The van der Waals surface area contributed by atoms with Crippen molar-refractivity contribution < 1.29 is 29.3 Å². The maximum Gasteiger partial charge on any atom is 0.324 e. The Bertz CT molecular complexity index is 1150. The van der Waals surface area contributed by atoms with Crippen molar-refractivity contribution in [2.24, 2.45) is 5.41 Å². The lowest BCUT2D eigenvalue weighted by atomic mass is 9.71. The Morgan fingerprint density at radius 3 is 0.953 bits per heavy atom. The Kier molecular flexibility index (Phi) is 10.5. The van der Waals surface area contributed by atoms with Crippen molar-refractivity contribution in [3.63, 3.8) is 0 Å². The fourth-order valence-corrected chi connectivity index (χ4v) is 5.55. The van der Waals surface area contributed by atoms with E-state index in [-0.39, 0.29) is 37.6 Å². The minimum Gasteiger partial charge on any atom is -0.507 e. The van der Waals surface area contributed by atoms with Gasteiger partial charge in [0, 0.05) is 0 Å². The summed E-state index contributed by atoms with van der Waals surface area (Å²) in [4.78, 5) is 28.1. The van der Waals surface area contributed by atoms with E-state index in [1.54, 1.807) is 13.8 Å². The largest absolute Gasteiger partial charge is 0.507 e. The van der Waals surface area contributed by atoms with Gasteiger partial charge in [0.25, 0.3) is 0 Å². The molecule has 0 amide bonds. The van der Waals surface area contributed by atoms with Crippen molar-refractivity contribution >= 4 is 11.9 Å². The molecule has 6 heteroatoms. The average Bonchev–Trinajstić information content (AvgIpc) is 2.82. The monoisotopic (exact) mass is 596 g/mol. The SMILES string of the molecule is CCOC(=O)C(Cc1cc(C(C)(C)C)c(O)c(C(C)(C)C)c1)(Cc1cc(C(C)(C)C)c(O)c(C(C)(C)C)c1)C(=O)OCC. The molecule has 0 aliphatic carbocycles. The molecule has 0 saturated heterocycles. The molecular formula is C37H56O6. The molecule has 0 saturated carbocycles. The number of phenols is 2. The second-order valence-electron chi connectivity index (χ2n) is 16.0. The van der Waals surface area contributed by atoms with Crippen molar-refractivity contribution in [2.75, 3.05) is 13.2 Å². The molecule has 240 valence electrons. The highest BCUT2D eigenvalue weighted by molar-refractivity contribution is 6.01. The minimum absolute atomic E-state index is 0.0215. The average molecular weight is 597 g/mol. The lowest BCUT2D eigenvalue weighted by Gasteiger charge is -2.33. The van der Waals surface area contributed by atoms with Gasteiger partial charge in [0.1, 0.15) is 11.5 Å². The summed E-state index contributed by atoms with van der Waals surface area (Å²) in [5, 5.41) is 22.7. The molecule has 0 atom stereocenters. The first-order valence-electron chi connectivity index (χ1n) is 15.5. The molecule has 2 rings (SSSR count). The van der Waals surface area contributed by atoms with E-state index in [0.29, 0.717) is 0 Å². The van der Waals surface area contributed by atoms with Crippen molar-refractivity contribution in [3.05, 3.63) is 57.6 Å². The van der Waals surface area contributed by atoms with E-state index >= 15 is 0 Å². The van der Waals surface area contributed by atoms with Crippen molar-refractivity contribution in [1.29, 1.82) is 0 Å². The number of carbonyl (C=O) groups excluding carboxylic acids is 2. The molecule has 2 N–H and O–H groups in total. The van der Waals surface area contributed by atoms with E-state index in [4.69, 9.17) is 9.47 Å². The van der Waals surface area contributed by atoms with Crippen LogP contribution in [-0.4, -0.2) is 35.4 Å². The van der Waals surface area contributed by atoms with Crippen LogP contribution in [0.15, 0.2) is 24.3 Å². The zero-order valence-corrected chi connectivity index (χ0v) is 29.2. The van der Waals surface area contributed by atoms with Crippen LogP contribution in [-0.2, 0) is 53.6 Å². The molecule has 0 spiro atoms. The number of carbonyl (C=O) groups is 2. The van der Waals surface area contributed by atoms with E-state index < -0.39 is 39.0 Å². The predicted octanol–water partition coefficient (Wildman–Crippen LogP) is 8.19. The highest BCUT2D eigenvalue weighted by Crippen LogP contribution is 2.44. The standard InChI is InChI=1S/C37H56O6/c1-15-42-31(40)37(32(41)43-16-2,21-23-17-25(33(3,4)5)29(38)26(18-23)34(6,7)8)22-24-19-27(35(9,10)11)30(39)28(20-24)36(12,13)14/h17-20,38-39H,15-16,21-22H2,1-14H3. The topological polar surface area (TPSA) is 93.1 Å². The molecule has 2 aromatic rings. The van der Waals surface area contributed by atoms with Crippen LogP contribution < -0.4 is 0 Å². The van der Waals surface area contributed by atoms with E-state index in [1.165, 1.54) is 0 Å². The number of rotatable bonds is 8. The summed E-state index contributed by atoms with van der Waals surface area (Å²) < 4.78 is 11.2. The van der Waals surface area contributed by atoms with Gasteiger partial charge >= 0.3 is 11.9 Å². The third kappa shape index (κ3) is 8.13. The van der Waals surface area contributed by atoms with E-state index in [0.717, 1.165) is 33.4 Å². The summed E-state index contributed by atoms with van der Waals surface area (Å²) in [5.41, 5.74) is 1.17. The summed E-state index contributed by atoms with van der Waals surface area (Å²) in [5.74, 6) is -0.854. The van der Waals surface area contributed by atoms with Gasteiger partial charge in [-0.15, -0.1) is 0 Å². The summed E-state index contributed by atoms with van der Waals surface area (Å²) >= 11 is 0. The molecular weight excluding hydrogens is 540 g/mol. The van der Waals surface area contributed by atoms with Gasteiger partial charge in [-0.1, -0.05) is 107 Å². The molecule has 0 fully saturated rings. The number of ether oxygens (including phenoxy) is 2. The van der Waals surface area contributed by atoms with Crippen LogP contribution in [0.5, 0.6) is 11.5 Å². The van der Waals surface area contributed by atoms with Gasteiger partial charge in [-0.05, 0) is 81.7 Å². The molecule has 0 radical (unpaired) electrons. The van der Waals surface area contributed by atoms with Crippen molar-refractivity contribution in [2.45, 2.75) is 131 Å². The van der Waals surface area contributed by atoms with Gasteiger partial charge in [-0.2, -0.15) is 0 Å². The quantitative estimate of drug-likeness (QED) is 0.236. The van der Waals surface area contributed by atoms with Crippen LogP contribution in [0.4, 0.5) is 0 Å². The Morgan fingerprint density at radius 2 is 0.767 bits per heavy atom. The maximum atomic E-state index is 14.0. The van der Waals surface area contributed by atoms with E-state index in [2.05, 4.69) is 0 Å². The first kappa shape index (κ1) is 36.2. The van der Waals surface area contributed by atoms with Gasteiger partial charge in [0.15, 0.2) is 5.41 Å². The first-order chi connectivity index (χ1) is 19.4. The number of esters is 2. The predicted molar refractivity (Wildman–Crippen MR) is 174 cm³/mol. The zero-order chi connectivity index (χ0) is 33.3. The van der Waals surface area contributed by atoms with Crippen LogP contribution in [0.3, 0.4) is 0 Å². The lowest BCUT2D eigenvalue weighted by Crippen LogP contribution is -2.46. The van der Waals surface area contributed by atoms with Crippen LogP contribution in [0.25, 0.3) is 0 Å². The minimum atomic E-state index is -1.70. The summed E-state index contributed by atoms with van der Waals surface area (Å²) in [6, 6.07) is 7.59. The molecule has 0 aliphatic heterocycles. The van der Waals surface area contributed by atoms with Gasteiger partial charge < -0.3 is 19.7 Å². The van der Waals surface area contributed by atoms with E-state index in [9.17, 15) is 19.8 Å². The number of aromatic hydroxyl groups is 2. The molecule has 43 heavy (non-hydrogen) atoms. The summed E-state index contributed by atoms with van der Waals surface area (Å²) in [7, 11) is 0.